The van der Waals surface area contributed by atoms with E-state index in [-0.39, 0.29) is 4.77 Å². The number of halogens is 4. The van der Waals surface area contributed by atoms with Crippen molar-refractivity contribution in [1.82, 2.24) is 9.55 Å². The molecule has 0 saturated heterocycles. The summed E-state index contributed by atoms with van der Waals surface area (Å²) in [5.41, 5.74) is 0.897. The lowest BCUT2D eigenvalue weighted by Gasteiger charge is -2.08. The van der Waals surface area contributed by atoms with Gasteiger partial charge in [-0.3, -0.25) is 0 Å². The van der Waals surface area contributed by atoms with Gasteiger partial charge in [-0.25, -0.2) is 0 Å². The molecule has 0 bridgehead atoms. The molecule has 0 atom stereocenters. The first-order valence-electron chi connectivity index (χ1n) is 4.32. The van der Waals surface area contributed by atoms with Gasteiger partial charge >= 0.3 is 6.18 Å². The number of imidazole rings is 1. The van der Waals surface area contributed by atoms with Crippen molar-refractivity contribution in [3.63, 3.8) is 0 Å². The predicted molar refractivity (Wildman–Crippen MR) is 58.2 cm³/mol. The number of benzene rings is 1. The summed E-state index contributed by atoms with van der Waals surface area (Å²) in [6.07, 6.45) is -4.31. The van der Waals surface area contributed by atoms with Crippen molar-refractivity contribution in [2.75, 3.05) is 0 Å². The van der Waals surface area contributed by atoms with Gasteiger partial charge in [-0.05, 0) is 30.4 Å². The molecule has 0 radical (unpaired) electrons. The molecule has 0 aliphatic carbocycles. The third-order valence-electron chi connectivity index (χ3n) is 2.07. The number of nitrogens with zero attached hydrogens (tertiary/aromatic N) is 1. The van der Waals surface area contributed by atoms with Crippen molar-refractivity contribution in [2.24, 2.45) is 0 Å². The zero-order valence-electron chi connectivity index (χ0n) is 7.81. The summed E-state index contributed by atoms with van der Waals surface area (Å²) in [5, 5.41) is 0.373. The van der Waals surface area contributed by atoms with Gasteiger partial charge in [0.2, 0.25) is 0 Å². The minimum atomic E-state index is -4.31. The number of fused-ring (bicyclic) bond motifs is 1. The fourth-order valence-electron chi connectivity index (χ4n) is 1.46. The van der Waals surface area contributed by atoms with Gasteiger partial charge in [-0.2, -0.15) is 13.2 Å². The van der Waals surface area contributed by atoms with E-state index in [1.807, 2.05) is 0 Å². The number of nitrogens with one attached hydrogen (secondary N) is 1. The fourth-order valence-corrected chi connectivity index (χ4v) is 1.90. The highest BCUT2D eigenvalue weighted by Gasteiger charge is 2.29. The van der Waals surface area contributed by atoms with Crippen molar-refractivity contribution in [1.29, 1.82) is 0 Å². The summed E-state index contributed by atoms with van der Waals surface area (Å²) in [6, 6.07) is 4.64. The Balaban J connectivity index is 2.63. The van der Waals surface area contributed by atoms with E-state index in [0.29, 0.717) is 16.1 Å². The smallest absolute Gasteiger partial charge is 0.331 e. The molecule has 2 nitrogen and oxygen atoms in total. The summed E-state index contributed by atoms with van der Waals surface area (Å²) in [4.78, 5) is 2.70. The van der Waals surface area contributed by atoms with Crippen LogP contribution < -0.4 is 0 Å². The predicted octanol–water partition coefficient (Wildman–Crippen LogP) is 3.91. The Morgan fingerprint density at radius 1 is 1.38 bits per heavy atom. The van der Waals surface area contributed by atoms with Crippen LogP contribution in [0.2, 0.25) is 5.02 Å². The van der Waals surface area contributed by atoms with Crippen molar-refractivity contribution in [3.8, 4) is 0 Å². The average molecular weight is 267 g/mol. The van der Waals surface area contributed by atoms with Gasteiger partial charge in [0.1, 0.15) is 6.54 Å². The number of hydrogen-bond donors (Lipinski definition) is 1. The minimum absolute atomic E-state index is 0.0367. The minimum Gasteiger partial charge on any atom is -0.331 e. The molecule has 1 heterocycles. The van der Waals surface area contributed by atoms with Crippen LogP contribution in [0.3, 0.4) is 0 Å². The highest BCUT2D eigenvalue weighted by atomic mass is 35.5. The SMILES string of the molecule is FC(F)(F)Cn1c(=S)[nH]c2ccc(Cl)cc21. The molecule has 0 amide bonds. The Hall–Kier alpha value is -1.01. The Morgan fingerprint density at radius 3 is 2.69 bits per heavy atom. The molecule has 0 aliphatic heterocycles. The maximum absolute atomic E-state index is 12.3. The average Bonchev–Trinajstić information content (AvgIpc) is 2.42. The number of alkyl halides is 3. The van der Waals surface area contributed by atoms with Crippen LogP contribution in [-0.2, 0) is 6.54 Å². The first-order chi connectivity index (χ1) is 7.37. The van der Waals surface area contributed by atoms with Gasteiger partial charge < -0.3 is 9.55 Å². The molecule has 0 saturated carbocycles. The quantitative estimate of drug-likeness (QED) is 0.776. The molecule has 1 N–H and O–H groups in total. The number of rotatable bonds is 1. The summed E-state index contributed by atoms with van der Waals surface area (Å²) in [7, 11) is 0. The lowest BCUT2D eigenvalue weighted by atomic mass is 10.3. The second kappa shape index (κ2) is 3.78. The molecule has 2 rings (SSSR count). The van der Waals surface area contributed by atoms with E-state index in [1.54, 1.807) is 12.1 Å². The van der Waals surface area contributed by atoms with E-state index in [9.17, 15) is 13.2 Å². The van der Waals surface area contributed by atoms with Crippen molar-refractivity contribution in [3.05, 3.63) is 28.0 Å². The Kier molecular flexibility index (Phi) is 2.71. The highest BCUT2D eigenvalue weighted by molar-refractivity contribution is 7.71. The van der Waals surface area contributed by atoms with Gasteiger partial charge in [0, 0.05) is 5.02 Å². The molecule has 1 aromatic heterocycles. The standard InChI is InChI=1S/C9H6ClF3N2S/c10-5-1-2-6-7(3-5)15(8(16)14-6)4-9(11,12)13/h1-3H,4H2,(H,14,16). The number of H-pyrrole nitrogens is 1. The van der Waals surface area contributed by atoms with Gasteiger partial charge in [0.15, 0.2) is 4.77 Å². The van der Waals surface area contributed by atoms with Gasteiger partial charge in [0.25, 0.3) is 0 Å². The third-order valence-corrected chi connectivity index (χ3v) is 2.63. The monoisotopic (exact) mass is 266 g/mol. The first kappa shape index (κ1) is 11.5. The van der Waals surface area contributed by atoms with E-state index in [1.165, 1.54) is 6.07 Å². The van der Waals surface area contributed by atoms with Crippen LogP contribution in [0.5, 0.6) is 0 Å². The molecular weight excluding hydrogens is 261 g/mol. The van der Waals surface area contributed by atoms with Crippen LogP contribution in [0.25, 0.3) is 11.0 Å². The van der Waals surface area contributed by atoms with Gasteiger partial charge in [-0.15, -0.1) is 0 Å². The second-order valence-corrected chi connectivity index (χ2v) is 4.12. The molecule has 0 unspecified atom stereocenters. The van der Waals surface area contributed by atoms with Crippen molar-refractivity contribution in [2.45, 2.75) is 12.7 Å². The molecule has 7 heteroatoms. The molecule has 0 spiro atoms. The lowest BCUT2D eigenvalue weighted by Crippen LogP contribution is -2.17. The largest absolute Gasteiger partial charge is 0.406 e. The van der Waals surface area contributed by atoms with E-state index in [2.05, 4.69) is 4.98 Å². The van der Waals surface area contributed by atoms with Gasteiger partial charge in [0.05, 0.1) is 11.0 Å². The summed E-state index contributed by atoms with van der Waals surface area (Å²) in [5.74, 6) is 0. The molecule has 86 valence electrons. The van der Waals surface area contributed by atoms with E-state index in [4.69, 9.17) is 23.8 Å². The number of aromatic nitrogens is 2. The van der Waals surface area contributed by atoms with E-state index >= 15 is 0 Å². The summed E-state index contributed by atoms with van der Waals surface area (Å²) >= 11 is 10.6. The maximum Gasteiger partial charge on any atom is 0.406 e. The zero-order chi connectivity index (χ0) is 11.9. The molecule has 0 fully saturated rings. The van der Waals surface area contributed by atoms with E-state index < -0.39 is 12.7 Å². The fraction of sp³-hybridized carbons (Fsp3) is 0.222. The summed E-state index contributed by atoms with van der Waals surface area (Å²) in [6.45, 7) is -1.12. The van der Waals surface area contributed by atoms with E-state index in [0.717, 1.165) is 4.57 Å². The van der Waals surface area contributed by atoms with Crippen LogP contribution in [0.15, 0.2) is 18.2 Å². The maximum atomic E-state index is 12.3. The molecule has 2 aromatic rings. The third kappa shape index (κ3) is 2.22. The molecule has 1 aromatic carbocycles. The number of aromatic amines is 1. The van der Waals surface area contributed by atoms with Gasteiger partial charge in [-0.1, -0.05) is 11.6 Å². The lowest BCUT2D eigenvalue weighted by molar-refractivity contribution is -0.140. The topological polar surface area (TPSA) is 20.7 Å². The Labute approximate surface area is 98.6 Å². The van der Waals surface area contributed by atoms with Crippen LogP contribution in [0.4, 0.5) is 13.2 Å². The number of hydrogen-bond acceptors (Lipinski definition) is 1. The van der Waals surface area contributed by atoms with Crippen LogP contribution >= 0.6 is 23.8 Å². The van der Waals surface area contributed by atoms with Crippen LogP contribution in [0.1, 0.15) is 0 Å². The molecule has 0 aliphatic rings. The van der Waals surface area contributed by atoms with Crippen LogP contribution in [-0.4, -0.2) is 15.7 Å². The Bertz CT molecular complexity index is 584. The molecule has 16 heavy (non-hydrogen) atoms. The zero-order valence-corrected chi connectivity index (χ0v) is 9.38. The first-order valence-corrected chi connectivity index (χ1v) is 5.10. The van der Waals surface area contributed by atoms with Crippen molar-refractivity contribution < 1.29 is 13.2 Å². The molecular formula is C9H6ClF3N2S. The second-order valence-electron chi connectivity index (χ2n) is 3.29. The summed E-state index contributed by atoms with van der Waals surface area (Å²) < 4.78 is 38.0. The normalized spacial score (nSPS) is 12.2. The van der Waals surface area contributed by atoms with Crippen LogP contribution in [0, 0.1) is 4.77 Å². The highest BCUT2D eigenvalue weighted by Crippen LogP contribution is 2.24. The van der Waals surface area contributed by atoms with Crippen molar-refractivity contribution >= 4 is 34.9 Å². The Morgan fingerprint density at radius 2 is 2.06 bits per heavy atom.